The van der Waals surface area contributed by atoms with Crippen molar-refractivity contribution >= 4 is 5.69 Å². The molecule has 1 aromatic carbocycles. The Morgan fingerprint density at radius 1 is 1.38 bits per heavy atom. The number of anilines is 1. The molecule has 0 radical (unpaired) electrons. The number of hydrogen-bond acceptors (Lipinski definition) is 2. The second kappa shape index (κ2) is 5.85. The van der Waals surface area contributed by atoms with E-state index in [1.54, 1.807) is 12.1 Å². The Balaban J connectivity index is 2.94. The third-order valence-electron chi connectivity index (χ3n) is 3.03. The molecule has 0 aliphatic carbocycles. The van der Waals surface area contributed by atoms with Gasteiger partial charge in [0.25, 0.3) is 0 Å². The second-order valence-electron chi connectivity index (χ2n) is 4.22. The van der Waals surface area contributed by atoms with E-state index in [9.17, 15) is 4.39 Å². The molecule has 0 amide bonds. The molecule has 0 bridgehead atoms. The lowest BCUT2D eigenvalue weighted by atomic mass is 10.1. The number of rotatable bonds is 5. The van der Waals surface area contributed by atoms with Gasteiger partial charge in [-0.3, -0.25) is 0 Å². The maximum atomic E-state index is 13.4. The average molecular weight is 224 g/mol. The summed E-state index contributed by atoms with van der Waals surface area (Å²) in [6.07, 6.45) is 1.76. The summed E-state index contributed by atoms with van der Waals surface area (Å²) in [5, 5.41) is 0. The highest BCUT2D eigenvalue weighted by molar-refractivity contribution is 5.49. The van der Waals surface area contributed by atoms with Crippen LogP contribution in [-0.4, -0.2) is 19.6 Å². The van der Waals surface area contributed by atoms with Gasteiger partial charge >= 0.3 is 0 Å². The van der Waals surface area contributed by atoms with Gasteiger partial charge in [0.2, 0.25) is 0 Å². The molecule has 16 heavy (non-hydrogen) atoms. The topological polar surface area (TPSA) is 29.3 Å². The minimum atomic E-state index is -0.184. The van der Waals surface area contributed by atoms with Gasteiger partial charge in [-0.1, -0.05) is 6.92 Å². The number of nitrogens with zero attached hydrogens (tertiary/aromatic N) is 1. The van der Waals surface area contributed by atoms with Gasteiger partial charge in [-0.25, -0.2) is 4.39 Å². The molecule has 1 aromatic rings. The van der Waals surface area contributed by atoms with Gasteiger partial charge in [-0.05, 0) is 50.1 Å². The van der Waals surface area contributed by atoms with Crippen LogP contribution in [0.3, 0.4) is 0 Å². The highest BCUT2D eigenvalue weighted by atomic mass is 19.1. The molecule has 0 aromatic heterocycles. The number of nitrogens with two attached hydrogens (primary N) is 1. The molecule has 0 saturated heterocycles. The summed E-state index contributed by atoms with van der Waals surface area (Å²) < 4.78 is 13.4. The molecule has 1 rings (SSSR count). The van der Waals surface area contributed by atoms with Gasteiger partial charge in [-0.2, -0.15) is 0 Å². The van der Waals surface area contributed by atoms with Crippen LogP contribution in [0.25, 0.3) is 0 Å². The van der Waals surface area contributed by atoms with Crippen molar-refractivity contribution in [3.05, 3.63) is 29.6 Å². The summed E-state index contributed by atoms with van der Waals surface area (Å²) in [5.41, 5.74) is 7.38. The lowest BCUT2D eigenvalue weighted by molar-refractivity contribution is 0.619. The van der Waals surface area contributed by atoms with E-state index in [1.807, 2.05) is 13.1 Å². The molecule has 0 heterocycles. The molecule has 0 fully saturated rings. The van der Waals surface area contributed by atoms with Crippen molar-refractivity contribution in [2.24, 2.45) is 5.73 Å². The summed E-state index contributed by atoms with van der Waals surface area (Å²) in [6.45, 7) is 4.81. The Bertz CT molecular complexity index is 339. The third kappa shape index (κ3) is 3.20. The fourth-order valence-electron chi connectivity index (χ4n) is 1.68. The highest BCUT2D eigenvalue weighted by Crippen LogP contribution is 2.20. The molecule has 0 spiro atoms. The summed E-state index contributed by atoms with van der Waals surface area (Å²) in [7, 11) is 2.00. The van der Waals surface area contributed by atoms with Crippen LogP contribution in [0.2, 0.25) is 0 Å². The summed E-state index contributed by atoms with van der Waals surface area (Å²) in [6, 6.07) is 5.56. The predicted molar refractivity (Wildman–Crippen MR) is 67.3 cm³/mol. The first kappa shape index (κ1) is 13.0. The van der Waals surface area contributed by atoms with Crippen molar-refractivity contribution in [3.63, 3.8) is 0 Å². The van der Waals surface area contributed by atoms with Crippen LogP contribution in [0.5, 0.6) is 0 Å². The van der Waals surface area contributed by atoms with Crippen molar-refractivity contribution in [1.29, 1.82) is 0 Å². The SMILES string of the molecule is CCC(C)N(C)c1cc(F)cc(CCN)c1. The van der Waals surface area contributed by atoms with Crippen molar-refractivity contribution in [3.8, 4) is 0 Å². The van der Waals surface area contributed by atoms with Crippen molar-refractivity contribution in [2.75, 3.05) is 18.5 Å². The molecular weight excluding hydrogens is 203 g/mol. The van der Waals surface area contributed by atoms with Crippen LogP contribution in [0.1, 0.15) is 25.8 Å². The first-order chi connectivity index (χ1) is 7.58. The lowest BCUT2D eigenvalue weighted by Gasteiger charge is -2.26. The van der Waals surface area contributed by atoms with Crippen LogP contribution in [-0.2, 0) is 6.42 Å². The van der Waals surface area contributed by atoms with Gasteiger partial charge < -0.3 is 10.6 Å². The van der Waals surface area contributed by atoms with Gasteiger partial charge in [0.1, 0.15) is 5.82 Å². The Hall–Kier alpha value is -1.09. The van der Waals surface area contributed by atoms with E-state index < -0.39 is 0 Å². The Morgan fingerprint density at radius 3 is 2.62 bits per heavy atom. The predicted octanol–water partition coefficient (Wildman–Crippen LogP) is 2.56. The van der Waals surface area contributed by atoms with Gasteiger partial charge in [0, 0.05) is 18.8 Å². The fourth-order valence-corrected chi connectivity index (χ4v) is 1.68. The second-order valence-corrected chi connectivity index (χ2v) is 4.22. The monoisotopic (exact) mass is 224 g/mol. The summed E-state index contributed by atoms with van der Waals surface area (Å²) in [5.74, 6) is -0.184. The number of benzene rings is 1. The Morgan fingerprint density at radius 2 is 2.06 bits per heavy atom. The average Bonchev–Trinajstić information content (AvgIpc) is 2.26. The molecule has 3 heteroatoms. The van der Waals surface area contributed by atoms with E-state index >= 15 is 0 Å². The van der Waals surface area contributed by atoms with Crippen LogP contribution in [0, 0.1) is 5.82 Å². The lowest BCUT2D eigenvalue weighted by Crippen LogP contribution is -2.28. The van der Waals surface area contributed by atoms with E-state index in [-0.39, 0.29) is 5.82 Å². The third-order valence-corrected chi connectivity index (χ3v) is 3.03. The van der Waals surface area contributed by atoms with Crippen LogP contribution in [0.15, 0.2) is 18.2 Å². The molecule has 2 N–H and O–H groups in total. The molecule has 90 valence electrons. The molecule has 0 aliphatic heterocycles. The fraction of sp³-hybridized carbons (Fsp3) is 0.538. The molecule has 2 nitrogen and oxygen atoms in total. The van der Waals surface area contributed by atoms with E-state index in [2.05, 4.69) is 18.7 Å². The first-order valence-electron chi connectivity index (χ1n) is 5.80. The molecule has 0 saturated carbocycles. The minimum Gasteiger partial charge on any atom is -0.372 e. The Labute approximate surface area is 97.3 Å². The zero-order chi connectivity index (χ0) is 12.1. The molecular formula is C13H21FN2. The van der Waals surface area contributed by atoms with Crippen molar-refractivity contribution < 1.29 is 4.39 Å². The molecule has 1 atom stereocenters. The Kier molecular flexibility index (Phi) is 4.74. The highest BCUT2D eigenvalue weighted by Gasteiger charge is 2.09. The number of halogens is 1. The molecule has 0 aliphatic rings. The van der Waals surface area contributed by atoms with E-state index in [0.29, 0.717) is 12.6 Å². The quantitative estimate of drug-likeness (QED) is 0.833. The summed E-state index contributed by atoms with van der Waals surface area (Å²) in [4.78, 5) is 2.10. The van der Waals surface area contributed by atoms with Crippen molar-refractivity contribution in [1.82, 2.24) is 0 Å². The standard InChI is InChI=1S/C13H21FN2/c1-4-10(2)16(3)13-8-11(5-6-15)7-12(14)9-13/h7-10H,4-6,15H2,1-3H3. The smallest absolute Gasteiger partial charge is 0.125 e. The van der Waals surface area contributed by atoms with Gasteiger partial charge in [0.05, 0.1) is 0 Å². The number of hydrogen-bond donors (Lipinski definition) is 1. The molecule has 1 unspecified atom stereocenters. The first-order valence-corrected chi connectivity index (χ1v) is 5.80. The van der Waals surface area contributed by atoms with Gasteiger partial charge in [-0.15, -0.1) is 0 Å². The summed E-state index contributed by atoms with van der Waals surface area (Å²) >= 11 is 0. The van der Waals surface area contributed by atoms with E-state index in [1.165, 1.54) is 0 Å². The van der Waals surface area contributed by atoms with E-state index in [0.717, 1.165) is 24.1 Å². The van der Waals surface area contributed by atoms with E-state index in [4.69, 9.17) is 5.73 Å². The maximum Gasteiger partial charge on any atom is 0.125 e. The zero-order valence-electron chi connectivity index (χ0n) is 10.3. The normalized spacial score (nSPS) is 12.6. The van der Waals surface area contributed by atoms with Crippen LogP contribution < -0.4 is 10.6 Å². The van der Waals surface area contributed by atoms with Gasteiger partial charge in [0.15, 0.2) is 0 Å². The maximum absolute atomic E-state index is 13.4. The largest absolute Gasteiger partial charge is 0.372 e. The van der Waals surface area contributed by atoms with Crippen LogP contribution >= 0.6 is 0 Å². The minimum absolute atomic E-state index is 0.184. The zero-order valence-corrected chi connectivity index (χ0v) is 10.3. The van der Waals surface area contributed by atoms with Crippen molar-refractivity contribution in [2.45, 2.75) is 32.7 Å². The van der Waals surface area contributed by atoms with Crippen LogP contribution in [0.4, 0.5) is 10.1 Å².